The van der Waals surface area contributed by atoms with Crippen molar-refractivity contribution in [1.29, 1.82) is 0 Å². The van der Waals surface area contributed by atoms with Gasteiger partial charge >= 0.3 is 0 Å². The van der Waals surface area contributed by atoms with Crippen molar-refractivity contribution < 1.29 is 0 Å². The lowest BCUT2D eigenvalue weighted by atomic mass is 10.1. The molecule has 1 atom stereocenters. The average molecular weight is 268 g/mol. The van der Waals surface area contributed by atoms with Gasteiger partial charge in [-0.15, -0.1) is 0 Å². The summed E-state index contributed by atoms with van der Waals surface area (Å²) in [6, 6.07) is 6.79. The fourth-order valence-electron chi connectivity index (χ4n) is 1.53. The van der Waals surface area contributed by atoms with Crippen LogP contribution < -0.4 is 5.73 Å². The van der Waals surface area contributed by atoms with E-state index in [1.807, 2.05) is 6.07 Å². The Morgan fingerprint density at radius 1 is 1.18 bits per heavy atom. The number of nitrogens with zero attached hydrogens (tertiary/aromatic N) is 2. The van der Waals surface area contributed by atoms with Crippen molar-refractivity contribution >= 4 is 23.2 Å². The minimum absolute atomic E-state index is 0.285. The van der Waals surface area contributed by atoms with E-state index in [0.717, 1.165) is 5.56 Å². The van der Waals surface area contributed by atoms with Gasteiger partial charge in [0.25, 0.3) is 0 Å². The highest BCUT2D eigenvalue weighted by Crippen LogP contribution is 2.24. The minimum atomic E-state index is -0.285. The Hall–Kier alpha value is -1.16. The highest BCUT2D eigenvalue weighted by molar-refractivity contribution is 6.33. The Kier molecular flexibility index (Phi) is 3.94. The van der Waals surface area contributed by atoms with Crippen molar-refractivity contribution in [2.24, 2.45) is 5.73 Å². The van der Waals surface area contributed by atoms with Crippen LogP contribution in [0.2, 0.25) is 10.0 Å². The number of aromatic nitrogens is 2. The molecular weight excluding hydrogens is 257 g/mol. The highest BCUT2D eigenvalue weighted by Gasteiger charge is 2.12. The molecule has 1 aromatic carbocycles. The maximum Gasteiger partial charge on any atom is 0.145 e. The Morgan fingerprint density at radius 2 is 1.88 bits per heavy atom. The van der Waals surface area contributed by atoms with Gasteiger partial charge in [-0.3, -0.25) is 0 Å². The third-order valence-electron chi connectivity index (χ3n) is 2.36. The molecule has 0 fully saturated rings. The largest absolute Gasteiger partial charge is 0.321 e. The van der Waals surface area contributed by atoms with Crippen molar-refractivity contribution in [3.8, 4) is 0 Å². The standard InChI is InChI=1S/C12H11Cl2N3/c13-9-2-3-10(14)8(6-9)7-11(15)12-16-4-1-5-17-12/h1-6,11H,7,15H2. The van der Waals surface area contributed by atoms with Gasteiger partial charge in [-0.2, -0.15) is 0 Å². The Morgan fingerprint density at radius 3 is 2.59 bits per heavy atom. The molecule has 0 aliphatic heterocycles. The zero-order valence-corrected chi connectivity index (χ0v) is 10.5. The predicted molar refractivity (Wildman–Crippen MR) is 69.1 cm³/mol. The predicted octanol–water partition coefficient (Wildman–Crippen LogP) is 3.03. The first-order valence-electron chi connectivity index (χ1n) is 5.13. The van der Waals surface area contributed by atoms with E-state index >= 15 is 0 Å². The zero-order valence-electron chi connectivity index (χ0n) is 8.98. The summed E-state index contributed by atoms with van der Waals surface area (Å²) in [6.45, 7) is 0. The van der Waals surface area contributed by atoms with E-state index in [9.17, 15) is 0 Å². The second kappa shape index (κ2) is 5.45. The number of benzene rings is 1. The molecule has 3 nitrogen and oxygen atoms in total. The van der Waals surface area contributed by atoms with Gasteiger partial charge in [0.1, 0.15) is 5.82 Å². The van der Waals surface area contributed by atoms with Gasteiger partial charge in [0, 0.05) is 22.4 Å². The van der Waals surface area contributed by atoms with Gasteiger partial charge in [0.2, 0.25) is 0 Å². The van der Waals surface area contributed by atoms with Crippen molar-refractivity contribution in [2.45, 2.75) is 12.5 Å². The number of hydrogen-bond acceptors (Lipinski definition) is 3. The molecule has 0 aliphatic rings. The minimum Gasteiger partial charge on any atom is -0.321 e. The van der Waals surface area contributed by atoms with Crippen molar-refractivity contribution in [3.05, 3.63) is 58.1 Å². The summed E-state index contributed by atoms with van der Waals surface area (Å²) in [5, 5.41) is 1.30. The Bertz CT molecular complexity index is 502. The third kappa shape index (κ3) is 3.16. The van der Waals surface area contributed by atoms with Crippen LogP contribution in [-0.4, -0.2) is 9.97 Å². The van der Waals surface area contributed by atoms with Crippen LogP contribution in [0, 0.1) is 0 Å². The van der Waals surface area contributed by atoms with E-state index in [0.29, 0.717) is 22.3 Å². The van der Waals surface area contributed by atoms with Crippen molar-refractivity contribution in [3.63, 3.8) is 0 Å². The average Bonchev–Trinajstić information content (AvgIpc) is 2.35. The van der Waals surface area contributed by atoms with E-state index in [-0.39, 0.29) is 6.04 Å². The molecule has 1 heterocycles. The van der Waals surface area contributed by atoms with Crippen LogP contribution in [0.1, 0.15) is 17.4 Å². The lowest BCUT2D eigenvalue weighted by Gasteiger charge is -2.11. The van der Waals surface area contributed by atoms with Crippen LogP contribution in [0.5, 0.6) is 0 Å². The molecule has 2 N–H and O–H groups in total. The van der Waals surface area contributed by atoms with E-state index < -0.39 is 0 Å². The summed E-state index contributed by atoms with van der Waals surface area (Å²) in [4.78, 5) is 8.23. The molecule has 0 saturated carbocycles. The first kappa shape index (κ1) is 12.3. The highest BCUT2D eigenvalue weighted by atomic mass is 35.5. The molecule has 1 aromatic heterocycles. The Balaban J connectivity index is 2.18. The quantitative estimate of drug-likeness (QED) is 0.930. The molecule has 1 unspecified atom stereocenters. The third-order valence-corrected chi connectivity index (χ3v) is 2.97. The van der Waals surface area contributed by atoms with E-state index in [1.54, 1.807) is 30.6 Å². The van der Waals surface area contributed by atoms with Gasteiger partial charge in [0.15, 0.2) is 0 Å². The van der Waals surface area contributed by atoms with Gasteiger partial charge in [-0.05, 0) is 36.2 Å². The van der Waals surface area contributed by atoms with Crippen molar-refractivity contribution in [1.82, 2.24) is 9.97 Å². The maximum absolute atomic E-state index is 6.07. The lowest BCUT2D eigenvalue weighted by molar-refractivity contribution is 0.667. The van der Waals surface area contributed by atoms with Crippen LogP contribution in [0.25, 0.3) is 0 Å². The van der Waals surface area contributed by atoms with E-state index in [1.165, 1.54) is 0 Å². The van der Waals surface area contributed by atoms with Crippen LogP contribution in [-0.2, 0) is 6.42 Å². The van der Waals surface area contributed by atoms with Crippen LogP contribution >= 0.6 is 23.2 Å². The fraction of sp³-hybridized carbons (Fsp3) is 0.167. The number of nitrogens with two attached hydrogens (primary N) is 1. The molecule has 2 rings (SSSR count). The second-order valence-electron chi connectivity index (χ2n) is 3.65. The number of rotatable bonds is 3. The molecule has 0 aliphatic carbocycles. The molecule has 5 heteroatoms. The summed E-state index contributed by atoms with van der Waals surface area (Å²) >= 11 is 12.0. The summed E-state index contributed by atoms with van der Waals surface area (Å²) in [5.41, 5.74) is 6.92. The van der Waals surface area contributed by atoms with Crippen LogP contribution in [0.4, 0.5) is 0 Å². The van der Waals surface area contributed by atoms with Gasteiger partial charge in [0.05, 0.1) is 6.04 Å². The zero-order chi connectivity index (χ0) is 12.3. The topological polar surface area (TPSA) is 51.8 Å². The first-order valence-corrected chi connectivity index (χ1v) is 5.89. The molecule has 17 heavy (non-hydrogen) atoms. The first-order chi connectivity index (χ1) is 8.16. The van der Waals surface area contributed by atoms with Crippen LogP contribution in [0.3, 0.4) is 0 Å². The van der Waals surface area contributed by atoms with E-state index in [2.05, 4.69) is 9.97 Å². The van der Waals surface area contributed by atoms with Gasteiger partial charge in [-0.1, -0.05) is 23.2 Å². The fourth-order valence-corrected chi connectivity index (χ4v) is 1.92. The normalized spacial score (nSPS) is 12.4. The Labute approximate surface area is 110 Å². The van der Waals surface area contributed by atoms with Gasteiger partial charge in [-0.25, -0.2) is 9.97 Å². The molecule has 0 amide bonds. The monoisotopic (exact) mass is 267 g/mol. The SMILES string of the molecule is NC(Cc1cc(Cl)ccc1Cl)c1ncccn1. The number of halogens is 2. The summed E-state index contributed by atoms with van der Waals surface area (Å²) < 4.78 is 0. The molecule has 0 spiro atoms. The van der Waals surface area contributed by atoms with E-state index in [4.69, 9.17) is 28.9 Å². The number of hydrogen-bond donors (Lipinski definition) is 1. The van der Waals surface area contributed by atoms with Crippen LogP contribution in [0.15, 0.2) is 36.7 Å². The molecule has 2 aromatic rings. The lowest BCUT2D eigenvalue weighted by Crippen LogP contribution is -2.16. The maximum atomic E-state index is 6.07. The smallest absolute Gasteiger partial charge is 0.145 e. The molecule has 88 valence electrons. The van der Waals surface area contributed by atoms with Crippen molar-refractivity contribution in [2.75, 3.05) is 0 Å². The molecule has 0 saturated heterocycles. The summed E-state index contributed by atoms with van der Waals surface area (Å²) in [7, 11) is 0. The molecule has 0 radical (unpaired) electrons. The molecule has 0 bridgehead atoms. The second-order valence-corrected chi connectivity index (χ2v) is 4.50. The summed E-state index contributed by atoms with van der Waals surface area (Å²) in [6.07, 6.45) is 3.90. The molecular formula is C12H11Cl2N3. The van der Waals surface area contributed by atoms with Gasteiger partial charge < -0.3 is 5.73 Å². The summed E-state index contributed by atoms with van der Waals surface area (Å²) in [5.74, 6) is 0.601.